The summed E-state index contributed by atoms with van der Waals surface area (Å²) < 4.78 is 25.0. The number of sulfonamides is 1. The van der Waals surface area contributed by atoms with Crippen molar-refractivity contribution in [3.63, 3.8) is 0 Å². The molecule has 0 spiro atoms. The molecule has 0 aliphatic rings. The number of nitrogens with zero attached hydrogens (tertiary/aromatic N) is 1. The second kappa shape index (κ2) is 8.11. The molecule has 0 saturated carbocycles. The third kappa shape index (κ3) is 6.02. The lowest BCUT2D eigenvalue weighted by atomic mass is 10.2. The molecule has 19 heavy (non-hydrogen) atoms. The van der Waals surface area contributed by atoms with Crippen molar-refractivity contribution >= 4 is 22.0 Å². The van der Waals surface area contributed by atoms with Gasteiger partial charge in [0.25, 0.3) is 0 Å². The monoisotopic (exact) mass is 295 g/mol. The van der Waals surface area contributed by atoms with E-state index in [-0.39, 0.29) is 18.7 Å². The lowest BCUT2D eigenvalue weighted by Gasteiger charge is -2.26. The van der Waals surface area contributed by atoms with Crippen molar-refractivity contribution in [1.82, 2.24) is 4.31 Å². The van der Waals surface area contributed by atoms with E-state index in [2.05, 4.69) is 0 Å². The molecule has 1 unspecified atom stereocenters. The van der Waals surface area contributed by atoms with Crippen LogP contribution in [0.5, 0.6) is 0 Å². The van der Waals surface area contributed by atoms with Gasteiger partial charge in [-0.2, -0.15) is 4.31 Å². The maximum atomic E-state index is 12.1. The van der Waals surface area contributed by atoms with Crippen LogP contribution in [0.3, 0.4) is 0 Å². The molecule has 0 radical (unpaired) electrons. The Bertz CT molecular complexity index is 405. The molecular weight excluding hydrogens is 274 g/mol. The third-order valence-electron chi connectivity index (χ3n) is 2.68. The van der Waals surface area contributed by atoms with Gasteiger partial charge in [-0.1, -0.05) is 20.3 Å². The van der Waals surface area contributed by atoms with Crippen LogP contribution >= 0.6 is 0 Å². The molecule has 0 heterocycles. The van der Waals surface area contributed by atoms with E-state index in [1.165, 1.54) is 0 Å². The van der Waals surface area contributed by atoms with Crippen LogP contribution in [0.2, 0.25) is 0 Å². The van der Waals surface area contributed by atoms with Gasteiger partial charge < -0.3 is 10.2 Å². The molecule has 0 bridgehead atoms. The molecule has 0 aromatic heterocycles. The van der Waals surface area contributed by atoms with E-state index < -0.39 is 34.4 Å². The number of unbranched alkanes of at least 4 members (excludes halogenated alkanes) is 1. The van der Waals surface area contributed by atoms with Crippen LogP contribution < -0.4 is 0 Å². The molecule has 1 atom stereocenters. The van der Waals surface area contributed by atoms with Crippen LogP contribution in [0.15, 0.2) is 0 Å². The Hall–Kier alpha value is -1.15. The molecular formula is C11H21NO6S. The third-order valence-corrected chi connectivity index (χ3v) is 4.63. The first-order chi connectivity index (χ1) is 8.76. The fraction of sp³-hybridized carbons (Fsp3) is 0.818. The fourth-order valence-electron chi connectivity index (χ4n) is 1.64. The van der Waals surface area contributed by atoms with Crippen LogP contribution in [0.25, 0.3) is 0 Å². The van der Waals surface area contributed by atoms with Crippen molar-refractivity contribution in [2.45, 2.75) is 45.6 Å². The number of aliphatic carboxylic acids is 2. The van der Waals surface area contributed by atoms with E-state index >= 15 is 0 Å². The Morgan fingerprint density at radius 3 is 2.16 bits per heavy atom. The maximum Gasteiger partial charge on any atom is 0.321 e. The Labute approximate surface area is 113 Å². The summed E-state index contributed by atoms with van der Waals surface area (Å²) in [6.07, 6.45) is 0.771. The zero-order valence-electron chi connectivity index (χ0n) is 11.2. The van der Waals surface area contributed by atoms with Gasteiger partial charge in [0.05, 0.1) is 12.2 Å². The molecule has 0 aliphatic heterocycles. The Morgan fingerprint density at radius 2 is 1.79 bits per heavy atom. The fourth-order valence-corrected chi connectivity index (χ4v) is 3.52. The van der Waals surface area contributed by atoms with Gasteiger partial charge in [0.15, 0.2) is 0 Å². The van der Waals surface area contributed by atoms with E-state index in [1.807, 2.05) is 6.92 Å². The summed E-state index contributed by atoms with van der Waals surface area (Å²) in [6.45, 7) is 3.07. The Kier molecular flexibility index (Phi) is 7.62. The smallest absolute Gasteiger partial charge is 0.321 e. The lowest BCUT2D eigenvalue weighted by Crippen LogP contribution is -2.46. The van der Waals surface area contributed by atoms with Crippen molar-refractivity contribution in [1.29, 1.82) is 0 Å². The molecule has 0 saturated heterocycles. The zero-order chi connectivity index (χ0) is 15.1. The minimum absolute atomic E-state index is 0.0975. The van der Waals surface area contributed by atoms with Gasteiger partial charge in [0.2, 0.25) is 10.0 Å². The predicted molar refractivity (Wildman–Crippen MR) is 69.4 cm³/mol. The van der Waals surface area contributed by atoms with E-state index in [9.17, 15) is 18.0 Å². The highest BCUT2D eigenvalue weighted by Gasteiger charge is 2.33. The van der Waals surface area contributed by atoms with E-state index in [4.69, 9.17) is 10.2 Å². The van der Waals surface area contributed by atoms with Crippen LogP contribution in [0.1, 0.15) is 39.5 Å². The molecule has 0 aromatic carbocycles. The summed E-state index contributed by atoms with van der Waals surface area (Å²) in [5.41, 5.74) is 0. The van der Waals surface area contributed by atoms with Crippen molar-refractivity contribution in [3.8, 4) is 0 Å². The van der Waals surface area contributed by atoms with Crippen molar-refractivity contribution < 1.29 is 28.2 Å². The van der Waals surface area contributed by atoms with Gasteiger partial charge in [0, 0.05) is 6.54 Å². The number of carbonyl (C=O) groups is 2. The number of carboxylic acid groups (broad SMARTS) is 2. The quantitative estimate of drug-likeness (QED) is 0.615. The predicted octanol–water partition coefficient (Wildman–Crippen LogP) is 0.756. The lowest BCUT2D eigenvalue weighted by molar-refractivity contribution is -0.143. The highest BCUT2D eigenvalue weighted by molar-refractivity contribution is 7.89. The normalized spacial score (nSPS) is 13.4. The van der Waals surface area contributed by atoms with Crippen molar-refractivity contribution in [2.24, 2.45) is 0 Å². The van der Waals surface area contributed by atoms with E-state index in [0.29, 0.717) is 12.8 Å². The second-order valence-electron chi connectivity index (χ2n) is 4.19. The molecule has 0 fully saturated rings. The molecule has 7 nitrogen and oxygen atoms in total. The maximum absolute atomic E-state index is 12.1. The molecule has 0 aliphatic carbocycles. The summed E-state index contributed by atoms with van der Waals surface area (Å²) in [6, 6.07) is -1.21. The minimum Gasteiger partial charge on any atom is -0.481 e. The molecule has 0 amide bonds. The van der Waals surface area contributed by atoms with Crippen LogP contribution in [0, 0.1) is 0 Å². The summed E-state index contributed by atoms with van der Waals surface area (Å²) >= 11 is 0. The molecule has 8 heteroatoms. The second-order valence-corrected chi connectivity index (χ2v) is 6.23. The first kappa shape index (κ1) is 17.8. The minimum atomic E-state index is -3.75. The highest BCUT2D eigenvalue weighted by Crippen LogP contribution is 2.14. The van der Waals surface area contributed by atoms with Crippen molar-refractivity contribution in [2.75, 3.05) is 12.3 Å². The number of hydrogen-bond acceptors (Lipinski definition) is 4. The topological polar surface area (TPSA) is 112 Å². The zero-order valence-corrected chi connectivity index (χ0v) is 12.0. The van der Waals surface area contributed by atoms with Crippen LogP contribution in [-0.4, -0.2) is 53.2 Å². The Morgan fingerprint density at radius 1 is 1.21 bits per heavy atom. The average molecular weight is 295 g/mol. The first-order valence-electron chi connectivity index (χ1n) is 6.20. The summed E-state index contributed by atoms with van der Waals surface area (Å²) in [4.78, 5) is 21.6. The summed E-state index contributed by atoms with van der Waals surface area (Å²) in [5, 5.41) is 17.7. The van der Waals surface area contributed by atoms with Crippen molar-refractivity contribution in [3.05, 3.63) is 0 Å². The van der Waals surface area contributed by atoms with Crippen LogP contribution in [0.4, 0.5) is 0 Å². The average Bonchev–Trinajstić information content (AvgIpc) is 2.30. The molecule has 2 N–H and O–H groups in total. The van der Waals surface area contributed by atoms with Crippen LogP contribution in [-0.2, 0) is 19.6 Å². The van der Waals surface area contributed by atoms with E-state index in [0.717, 1.165) is 4.31 Å². The largest absolute Gasteiger partial charge is 0.481 e. The Balaban J connectivity index is 5.13. The number of hydrogen-bond donors (Lipinski definition) is 2. The standard InChI is InChI=1S/C11H21NO6S/c1-3-5-8-19(17,18)12(7-6-10(13)14)9(4-2)11(15)16/h9H,3-8H2,1-2H3,(H,13,14)(H,15,16). The van der Waals surface area contributed by atoms with E-state index in [1.54, 1.807) is 6.92 Å². The molecule has 0 rings (SSSR count). The van der Waals surface area contributed by atoms with Gasteiger partial charge in [-0.05, 0) is 12.8 Å². The van der Waals surface area contributed by atoms with Gasteiger partial charge in [-0.3, -0.25) is 9.59 Å². The number of rotatable bonds is 10. The highest BCUT2D eigenvalue weighted by atomic mass is 32.2. The summed E-state index contributed by atoms with van der Waals surface area (Å²) in [7, 11) is -3.75. The number of carboxylic acids is 2. The molecule has 0 aromatic rings. The summed E-state index contributed by atoms with van der Waals surface area (Å²) in [5.74, 6) is -2.57. The van der Waals surface area contributed by atoms with Gasteiger partial charge >= 0.3 is 11.9 Å². The van der Waals surface area contributed by atoms with Gasteiger partial charge in [0.1, 0.15) is 6.04 Å². The molecule has 112 valence electrons. The first-order valence-corrected chi connectivity index (χ1v) is 7.81. The van der Waals surface area contributed by atoms with Gasteiger partial charge in [-0.15, -0.1) is 0 Å². The SMILES string of the molecule is CCCCS(=O)(=O)N(CCC(=O)O)C(CC)C(=O)O. The van der Waals surface area contributed by atoms with Gasteiger partial charge in [-0.25, -0.2) is 8.42 Å².